The van der Waals surface area contributed by atoms with E-state index in [1.165, 1.54) is 12.1 Å². The number of benzene rings is 1. The van der Waals surface area contributed by atoms with Gasteiger partial charge in [0.1, 0.15) is 5.82 Å². The lowest BCUT2D eigenvalue weighted by Gasteiger charge is -2.00. The Morgan fingerprint density at radius 1 is 1.27 bits per heavy atom. The van der Waals surface area contributed by atoms with Gasteiger partial charge in [0.2, 0.25) is 0 Å². The van der Waals surface area contributed by atoms with Gasteiger partial charge in [-0.1, -0.05) is 12.1 Å². The van der Waals surface area contributed by atoms with Gasteiger partial charge in [-0.3, -0.25) is 4.79 Å². The average Bonchev–Trinajstić information content (AvgIpc) is 2.23. The van der Waals surface area contributed by atoms with Crippen molar-refractivity contribution >= 4 is 0 Å². The Kier molecular flexibility index (Phi) is 2.33. The van der Waals surface area contributed by atoms with Gasteiger partial charge in [-0.15, -0.1) is 0 Å². The van der Waals surface area contributed by atoms with Crippen molar-refractivity contribution < 1.29 is 4.39 Å². The Hall–Kier alpha value is -1.97. The third kappa shape index (κ3) is 1.93. The number of hydrogen-bond donors (Lipinski definition) is 1. The highest BCUT2D eigenvalue weighted by molar-refractivity contribution is 5.62. The molecule has 76 valence electrons. The summed E-state index contributed by atoms with van der Waals surface area (Å²) in [5.41, 5.74) is 1.63. The number of nitrogens with zero attached hydrogens (tertiary/aromatic N) is 1. The highest BCUT2D eigenvalue weighted by Gasteiger charge is 2.03. The molecule has 3 nitrogen and oxygen atoms in total. The number of hydrogen-bond acceptors (Lipinski definition) is 2. The van der Waals surface area contributed by atoms with Crippen molar-refractivity contribution in [2.45, 2.75) is 6.92 Å². The third-order valence-electron chi connectivity index (χ3n) is 2.09. The maximum atomic E-state index is 12.7. The van der Waals surface area contributed by atoms with E-state index in [-0.39, 0.29) is 11.4 Å². The van der Waals surface area contributed by atoms with Gasteiger partial charge in [-0.25, -0.2) is 9.49 Å². The summed E-state index contributed by atoms with van der Waals surface area (Å²) in [6.07, 6.45) is 0. The fourth-order valence-electron chi connectivity index (χ4n) is 1.35. The number of halogens is 1. The molecular formula is C11H9FN2O. The maximum Gasteiger partial charge on any atom is 0.272 e. The lowest BCUT2D eigenvalue weighted by molar-refractivity contribution is 0.628. The summed E-state index contributed by atoms with van der Waals surface area (Å²) in [6.45, 7) is 1.78. The van der Waals surface area contributed by atoms with Crippen LogP contribution in [0.5, 0.6) is 0 Å². The Bertz CT molecular complexity index is 531. The van der Waals surface area contributed by atoms with E-state index < -0.39 is 0 Å². The summed E-state index contributed by atoms with van der Waals surface area (Å²) < 4.78 is 12.7. The molecule has 1 N–H and O–H groups in total. The van der Waals surface area contributed by atoms with Gasteiger partial charge >= 0.3 is 0 Å². The minimum Gasteiger partial charge on any atom is -0.267 e. The Morgan fingerprint density at radius 2 is 1.93 bits per heavy atom. The number of H-pyrrole nitrogens is 1. The van der Waals surface area contributed by atoms with Crippen LogP contribution in [0.1, 0.15) is 5.69 Å². The van der Waals surface area contributed by atoms with Crippen molar-refractivity contribution in [1.29, 1.82) is 0 Å². The van der Waals surface area contributed by atoms with Crippen LogP contribution in [0, 0.1) is 12.7 Å². The minimum absolute atomic E-state index is 0.271. The third-order valence-corrected chi connectivity index (χ3v) is 2.09. The predicted molar refractivity (Wildman–Crippen MR) is 55.0 cm³/mol. The summed E-state index contributed by atoms with van der Waals surface area (Å²) in [6, 6.07) is 7.46. The molecule has 4 heteroatoms. The van der Waals surface area contributed by atoms with Crippen LogP contribution in [0.25, 0.3) is 11.1 Å². The molecule has 0 bridgehead atoms. The van der Waals surface area contributed by atoms with Crippen LogP contribution in [0.2, 0.25) is 0 Å². The molecule has 0 saturated heterocycles. The lowest BCUT2D eigenvalue weighted by atomic mass is 10.1. The topological polar surface area (TPSA) is 45.8 Å². The molecule has 0 unspecified atom stereocenters. The molecular weight excluding hydrogens is 195 g/mol. The van der Waals surface area contributed by atoms with Crippen LogP contribution in [0.3, 0.4) is 0 Å². The first-order valence-electron chi connectivity index (χ1n) is 4.49. The van der Waals surface area contributed by atoms with E-state index >= 15 is 0 Å². The van der Waals surface area contributed by atoms with E-state index in [9.17, 15) is 9.18 Å². The van der Waals surface area contributed by atoms with Gasteiger partial charge in [0.25, 0.3) is 5.56 Å². The van der Waals surface area contributed by atoms with Crippen molar-refractivity contribution in [2.24, 2.45) is 0 Å². The number of aryl methyl sites for hydroxylation is 1. The van der Waals surface area contributed by atoms with Gasteiger partial charge < -0.3 is 0 Å². The summed E-state index contributed by atoms with van der Waals surface area (Å²) in [5.74, 6) is -0.319. The zero-order valence-corrected chi connectivity index (χ0v) is 8.12. The first kappa shape index (κ1) is 9.58. The van der Waals surface area contributed by atoms with Crippen molar-refractivity contribution in [2.75, 3.05) is 0 Å². The molecule has 1 aromatic carbocycles. The Labute approximate surface area is 85.6 Å². The largest absolute Gasteiger partial charge is 0.272 e. The van der Waals surface area contributed by atoms with Crippen LogP contribution in [-0.2, 0) is 0 Å². The second-order valence-corrected chi connectivity index (χ2v) is 3.26. The average molecular weight is 204 g/mol. The number of nitrogens with one attached hydrogen (secondary N) is 1. The highest BCUT2D eigenvalue weighted by atomic mass is 19.1. The quantitative estimate of drug-likeness (QED) is 0.770. The molecule has 0 spiro atoms. The van der Waals surface area contributed by atoms with Gasteiger partial charge in [-0.05, 0) is 30.7 Å². The zero-order chi connectivity index (χ0) is 10.8. The number of aromatic nitrogens is 2. The van der Waals surface area contributed by atoms with Crippen LogP contribution < -0.4 is 5.56 Å². The number of rotatable bonds is 1. The zero-order valence-electron chi connectivity index (χ0n) is 8.12. The van der Waals surface area contributed by atoms with Gasteiger partial charge in [0.15, 0.2) is 0 Å². The van der Waals surface area contributed by atoms with Gasteiger partial charge in [-0.2, -0.15) is 5.10 Å². The lowest BCUT2D eigenvalue weighted by Crippen LogP contribution is -2.11. The summed E-state index contributed by atoms with van der Waals surface area (Å²) in [7, 11) is 0. The van der Waals surface area contributed by atoms with E-state index in [1.807, 2.05) is 0 Å². The second-order valence-electron chi connectivity index (χ2n) is 3.26. The van der Waals surface area contributed by atoms with Crippen LogP contribution >= 0.6 is 0 Å². The van der Waals surface area contributed by atoms with E-state index in [0.717, 1.165) is 0 Å². The van der Waals surface area contributed by atoms with E-state index in [2.05, 4.69) is 10.2 Å². The standard InChI is InChI=1S/C11H9FN2O/c1-7-6-10(11(15)14-13-7)8-2-4-9(12)5-3-8/h2-6H,1H3,(H,14,15). The first-order valence-corrected chi connectivity index (χ1v) is 4.49. The van der Waals surface area contributed by atoms with Gasteiger partial charge in [0, 0.05) is 0 Å². The molecule has 0 fully saturated rings. The van der Waals surface area contributed by atoms with Crippen LogP contribution in [-0.4, -0.2) is 10.2 Å². The van der Waals surface area contributed by atoms with Crippen LogP contribution in [0.4, 0.5) is 4.39 Å². The maximum absolute atomic E-state index is 12.7. The van der Waals surface area contributed by atoms with E-state index in [0.29, 0.717) is 16.8 Å². The second kappa shape index (κ2) is 3.65. The van der Waals surface area contributed by atoms with Crippen molar-refractivity contribution in [1.82, 2.24) is 10.2 Å². The molecule has 1 heterocycles. The molecule has 1 aromatic heterocycles. The van der Waals surface area contributed by atoms with Crippen molar-refractivity contribution in [3.05, 3.63) is 52.2 Å². The normalized spacial score (nSPS) is 10.3. The summed E-state index contributed by atoms with van der Waals surface area (Å²) in [4.78, 5) is 11.4. The number of aromatic amines is 1. The fraction of sp³-hybridized carbons (Fsp3) is 0.0909. The summed E-state index contributed by atoms with van der Waals surface area (Å²) >= 11 is 0. The van der Waals surface area contributed by atoms with E-state index in [4.69, 9.17) is 0 Å². The molecule has 0 saturated carbocycles. The predicted octanol–water partition coefficient (Wildman–Crippen LogP) is 1.88. The van der Waals surface area contributed by atoms with E-state index in [1.54, 1.807) is 25.1 Å². The molecule has 0 aliphatic heterocycles. The molecule has 2 aromatic rings. The molecule has 0 aliphatic carbocycles. The SMILES string of the molecule is Cc1cc(-c2ccc(F)cc2)c(=O)[nH]n1. The molecule has 0 radical (unpaired) electrons. The first-order chi connectivity index (χ1) is 7.16. The smallest absolute Gasteiger partial charge is 0.267 e. The molecule has 15 heavy (non-hydrogen) atoms. The fourth-order valence-corrected chi connectivity index (χ4v) is 1.35. The highest BCUT2D eigenvalue weighted by Crippen LogP contribution is 2.15. The minimum atomic E-state index is -0.319. The summed E-state index contributed by atoms with van der Waals surface area (Å²) in [5, 5.41) is 6.15. The molecule has 0 atom stereocenters. The molecule has 2 rings (SSSR count). The Balaban J connectivity index is 2.58. The monoisotopic (exact) mass is 204 g/mol. The van der Waals surface area contributed by atoms with Crippen molar-refractivity contribution in [3.63, 3.8) is 0 Å². The van der Waals surface area contributed by atoms with Crippen molar-refractivity contribution in [3.8, 4) is 11.1 Å². The molecule has 0 amide bonds. The Morgan fingerprint density at radius 3 is 2.60 bits per heavy atom. The molecule has 0 aliphatic rings. The van der Waals surface area contributed by atoms with Crippen LogP contribution in [0.15, 0.2) is 35.1 Å². The van der Waals surface area contributed by atoms with Gasteiger partial charge in [0.05, 0.1) is 11.3 Å².